The van der Waals surface area contributed by atoms with Gasteiger partial charge in [0.15, 0.2) is 0 Å². The Kier molecular flexibility index (Phi) is 6.54. The van der Waals surface area contributed by atoms with E-state index in [1.165, 1.54) is 43.2 Å². The van der Waals surface area contributed by atoms with Crippen LogP contribution in [-0.2, 0) is 28.3 Å². The van der Waals surface area contributed by atoms with Gasteiger partial charge in [0.2, 0.25) is 11.8 Å². The van der Waals surface area contributed by atoms with E-state index in [1.54, 1.807) is 16.7 Å². The minimum atomic E-state index is -0.572. The number of aryl methyl sites for hydroxylation is 1. The van der Waals surface area contributed by atoms with Crippen LogP contribution in [0.4, 0.5) is 0 Å². The highest BCUT2D eigenvalue weighted by Gasteiger charge is 2.39. The van der Waals surface area contributed by atoms with Crippen LogP contribution in [0, 0.1) is 5.92 Å². The second kappa shape index (κ2) is 9.72. The number of amides is 3. The van der Waals surface area contributed by atoms with Crippen molar-refractivity contribution in [3.8, 4) is 0 Å². The maximum atomic E-state index is 13.0. The lowest BCUT2D eigenvalue weighted by Gasteiger charge is -2.29. The molecule has 0 aromatic heterocycles. The van der Waals surface area contributed by atoms with Crippen LogP contribution in [0.5, 0.6) is 0 Å². The van der Waals surface area contributed by atoms with Gasteiger partial charge in [-0.05, 0) is 54.0 Å². The number of piperidine rings is 1. The van der Waals surface area contributed by atoms with Crippen molar-refractivity contribution >= 4 is 29.5 Å². The molecule has 172 valence electrons. The Morgan fingerprint density at radius 1 is 0.970 bits per heavy atom. The Morgan fingerprint density at radius 2 is 1.76 bits per heavy atom. The van der Waals surface area contributed by atoms with Gasteiger partial charge in [0.25, 0.3) is 5.91 Å². The Labute approximate surface area is 199 Å². The summed E-state index contributed by atoms with van der Waals surface area (Å²) in [5.41, 5.74) is 4.34. The topological polar surface area (TPSA) is 66.5 Å². The first-order chi connectivity index (χ1) is 16.1. The molecule has 5 rings (SSSR count). The highest BCUT2D eigenvalue weighted by Crippen LogP contribution is 2.36. The zero-order valence-electron chi connectivity index (χ0n) is 18.8. The van der Waals surface area contributed by atoms with Gasteiger partial charge in [-0.1, -0.05) is 56.0 Å². The summed E-state index contributed by atoms with van der Waals surface area (Å²) in [7, 11) is 0. The van der Waals surface area contributed by atoms with Crippen LogP contribution in [-0.4, -0.2) is 28.7 Å². The summed E-state index contributed by atoms with van der Waals surface area (Å²) in [5, 5.41) is 2.37. The molecule has 1 atom stereocenters. The van der Waals surface area contributed by atoms with Gasteiger partial charge in [0.05, 0.1) is 0 Å². The highest BCUT2D eigenvalue weighted by molar-refractivity contribution is 7.98. The second-order valence-corrected chi connectivity index (χ2v) is 10.5. The molecule has 2 aromatic carbocycles. The lowest BCUT2D eigenvalue weighted by Crippen LogP contribution is -2.52. The summed E-state index contributed by atoms with van der Waals surface area (Å²) in [6.07, 6.45) is 8.75. The molecule has 1 unspecified atom stereocenters. The van der Waals surface area contributed by atoms with Gasteiger partial charge in [0, 0.05) is 29.2 Å². The summed E-state index contributed by atoms with van der Waals surface area (Å²) in [6.45, 7) is 0.420. The molecule has 1 saturated heterocycles. The molecule has 3 aliphatic rings. The smallest absolute Gasteiger partial charge is 0.255 e. The minimum absolute atomic E-state index is 0.117. The van der Waals surface area contributed by atoms with Gasteiger partial charge in [0.1, 0.15) is 6.04 Å². The Balaban J connectivity index is 1.19. The molecule has 1 saturated carbocycles. The van der Waals surface area contributed by atoms with E-state index in [0.717, 1.165) is 28.6 Å². The van der Waals surface area contributed by atoms with E-state index < -0.39 is 6.04 Å². The molecular formula is C27H30N2O3S. The van der Waals surface area contributed by atoms with E-state index in [-0.39, 0.29) is 24.1 Å². The van der Waals surface area contributed by atoms with Crippen LogP contribution >= 0.6 is 11.8 Å². The molecule has 0 bridgehead atoms. The number of hydrogen-bond donors (Lipinski definition) is 1. The first-order valence-corrected chi connectivity index (χ1v) is 13.0. The third-order valence-electron chi connectivity index (χ3n) is 7.26. The lowest BCUT2D eigenvalue weighted by atomic mass is 9.81. The number of nitrogens with zero attached hydrogens (tertiary/aromatic N) is 1. The Morgan fingerprint density at radius 3 is 2.48 bits per heavy atom. The monoisotopic (exact) mass is 462 g/mol. The van der Waals surface area contributed by atoms with E-state index in [2.05, 4.69) is 35.6 Å². The fourth-order valence-corrected chi connectivity index (χ4v) is 6.07. The number of benzene rings is 2. The average molecular weight is 463 g/mol. The van der Waals surface area contributed by atoms with Gasteiger partial charge >= 0.3 is 0 Å². The molecule has 3 amide bonds. The third kappa shape index (κ3) is 4.86. The molecule has 0 spiro atoms. The fourth-order valence-electron chi connectivity index (χ4n) is 5.03. The standard InChI is InChI=1S/C27H30N2O3S/c30-25-15-14-23(26(31)28-25)29-16-22-21(27(29)32)8-3-9-24(22)33-17-20-12-10-19(11-13-20)7-2-6-18-4-1-5-18/h3,8-13,18,23H,1-2,4-7,14-17H2,(H,28,30,31). The van der Waals surface area contributed by atoms with Crippen molar-refractivity contribution in [2.24, 2.45) is 5.92 Å². The van der Waals surface area contributed by atoms with Gasteiger partial charge in [-0.3, -0.25) is 19.7 Å². The summed E-state index contributed by atoms with van der Waals surface area (Å²) in [4.78, 5) is 39.5. The van der Waals surface area contributed by atoms with E-state index in [0.29, 0.717) is 18.5 Å². The van der Waals surface area contributed by atoms with Crippen molar-refractivity contribution in [2.45, 2.75) is 74.6 Å². The van der Waals surface area contributed by atoms with E-state index in [1.807, 2.05) is 12.1 Å². The maximum absolute atomic E-state index is 13.0. The number of hydrogen-bond acceptors (Lipinski definition) is 4. The number of thioether (sulfide) groups is 1. The Hall–Kier alpha value is -2.60. The molecule has 0 radical (unpaired) electrons. The SMILES string of the molecule is O=C1CCC(N2Cc3c(SCc4ccc(CCCC5CCC5)cc4)cccc3C2=O)C(=O)N1. The first kappa shape index (κ1) is 22.2. The van der Waals surface area contributed by atoms with Crippen LogP contribution < -0.4 is 5.32 Å². The molecule has 1 N–H and O–H groups in total. The molecule has 6 heteroatoms. The number of carbonyl (C=O) groups excluding carboxylic acids is 3. The quantitative estimate of drug-likeness (QED) is 0.449. The predicted molar refractivity (Wildman–Crippen MR) is 129 cm³/mol. The molecule has 33 heavy (non-hydrogen) atoms. The van der Waals surface area contributed by atoms with Crippen LogP contribution in [0.1, 0.15) is 72.0 Å². The summed E-state index contributed by atoms with van der Waals surface area (Å²) >= 11 is 1.74. The third-order valence-corrected chi connectivity index (χ3v) is 8.43. The van der Waals surface area contributed by atoms with Crippen LogP contribution in [0.15, 0.2) is 47.4 Å². The fraction of sp³-hybridized carbons (Fsp3) is 0.444. The van der Waals surface area contributed by atoms with Crippen molar-refractivity contribution in [2.75, 3.05) is 0 Å². The zero-order valence-corrected chi connectivity index (χ0v) is 19.7. The molecule has 5 nitrogen and oxygen atoms in total. The minimum Gasteiger partial charge on any atom is -0.322 e. The van der Waals surface area contributed by atoms with E-state index in [9.17, 15) is 14.4 Å². The molecule has 2 aliphatic heterocycles. The van der Waals surface area contributed by atoms with Crippen molar-refractivity contribution in [3.05, 3.63) is 64.7 Å². The number of nitrogens with one attached hydrogen (secondary N) is 1. The van der Waals surface area contributed by atoms with Crippen LogP contribution in [0.2, 0.25) is 0 Å². The van der Waals surface area contributed by atoms with Crippen molar-refractivity contribution in [3.63, 3.8) is 0 Å². The van der Waals surface area contributed by atoms with E-state index >= 15 is 0 Å². The highest BCUT2D eigenvalue weighted by atomic mass is 32.2. The van der Waals surface area contributed by atoms with Crippen LogP contribution in [0.3, 0.4) is 0 Å². The first-order valence-electron chi connectivity index (χ1n) is 12.1. The second-order valence-electron chi connectivity index (χ2n) is 9.48. The number of rotatable bonds is 8. The van der Waals surface area contributed by atoms with Crippen molar-refractivity contribution in [1.29, 1.82) is 0 Å². The largest absolute Gasteiger partial charge is 0.322 e. The van der Waals surface area contributed by atoms with Gasteiger partial charge in [-0.15, -0.1) is 11.8 Å². The maximum Gasteiger partial charge on any atom is 0.255 e. The lowest BCUT2D eigenvalue weighted by molar-refractivity contribution is -0.136. The molecule has 2 aromatic rings. The average Bonchev–Trinajstić information content (AvgIpc) is 3.12. The summed E-state index contributed by atoms with van der Waals surface area (Å²) in [6, 6.07) is 14.2. The van der Waals surface area contributed by atoms with E-state index in [4.69, 9.17) is 0 Å². The normalized spacial score (nSPS) is 20.5. The number of imide groups is 1. The van der Waals surface area contributed by atoms with Crippen molar-refractivity contribution < 1.29 is 14.4 Å². The van der Waals surface area contributed by atoms with Gasteiger partial charge in [-0.25, -0.2) is 0 Å². The van der Waals surface area contributed by atoms with Crippen LogP contribution in [0.25, 0.3) is 0 Å². The summed E-state index contributed by atoms with van der Waals surface area (Å²) in [5.74, 6) is 1.07. The Bertz CT molecular complexity index is 1060. The van der Waals surface area contributed by atoms with Gasteiger partial charge in [-0.2, -0.15) is 0 Å². The molecular weight excluding hydrogens is 432 g/mol. The zero-order chi connectivity index (χ0) is 22.8. The summed E-state index contributed by atoms with van der Waals surface area (Å²) < 4.78 is 0. The molecule has 1 aliphatic carbocycles. The molecule has 2 fully saturated rings. The molecule has 2 heterocycles. The number of fused-ring (bicyclic) bond motifs is 1. The van der Waals surface area contributed by atoms with Gasteiger partial charge < -0.3 is 4.90 Å². The predicted octanol–water partition coefficient (Wildman–Crippen LogP) is 4.86. The number of carbonyl (C=O) groups is 3. The van der Waals surface area contributed by atoms with Crippen molar-refractivity contribution in [1.82, 2.24) is 10.2 Å².